The van der Waals surface area contributed by atoms with E-state index in [0.717, 1.165) is 17.7 Å². The number of aliphatic hydroxyl groups is 1. The smallest absolute Gasteiger partial charge is 0.230 e. The molecule has 0 saturated carbocycles. The second kappa shape index (κ2) is 5.46. The van der Waals surface area contributed by atoms with Crippen molar-refractivity contribution in [3.05, 3.63) is 29.6 Å². The maximum atomic E-state index is 11.4. The van der Waals surface area contributed by atoms with Gasteiger partial charge in [0, 0.05) is 18.9 Å². The van der Waals surface area contributed by atoms with Crippen LogP contribution >= 0.6 is 0 Å². The number of likely N-dealkylation sites (N-methyl/N-ethyl adjacent to an activating group) is 1. The Labute approximate surface area is 89.6 Å². The standard InChI is InChI=1S/C11H16N2O2/c1-3-9-4-5-10(12-7-9)6-11(15)13(2)8-14/h4-5,7,14H,3,6,8H2,1-2H3. The third-order valence-corrected chi connectivity index (χ3v) is 2.26. The van der Waals surface area contributed by atoms with Gasteiger partial charge in [0.05, 0.1) is 6.42 Å². The average Bonchev–Trinajstić information content (AvgIpc) is 2.29. The Balaban J connectivity index is 2.61. The lowest BCUT2D eigenvalue weighted by atomic mass is 10.2. The molecule has 0 atom stereocenters. The Morgan fingerprint density at radius 1 is 1.53 bits per heavy atom. The van der Waals surface area contributed by atoms with Crippen LogP contribution in [0.15, 0.2) is 18.3 Å². The van der Waals surface area contributed by atoms with E-state index in [1.54, 1.807) is 13.2 Å². The number of aliphatic hydroxyl groups excluding tert-OH is 1. The molecule has 1 aromatic heterocycles. The third-order valence-electron chi connectivity index (χ3n) is 2.26. The predicted octanol–water partition coefficient (Wildman–Crippen LogP) is 0.595. The molecule has 0 aliphatic rings. The van der Waals surface area contributed by atoms with Gasteiger partial charge in [0.15, 0.2) is 0 Å². The highest BCUT2D eigenvalue weighted by Gasteiger charge is 2.08. The molecule has 1 rings (SSSR count). The lowest BCUT2D eigenvalue weighted by Crippen LogP contribution is -2.29. The van der Waals surface area contributed by atoms with E-state index >= 15 is 0 Å². The predicted molar refractivity (Wildman–Crippen MR) is 57.2 cm³/mol. The number of hydrogen-bond donors (Lipinski definition) is 1. The average molecular weight is 208 g/mol. The number of rotatable bonds is 4. The van der Waals surface area contributed by atoms with Crippen molar-refractivity contribution in [3.8, 4) is 0 Å². The first-order valence-corrected chi connectivity index (χ1v) is 4.96. The van der Waals surface area contributed by atoms with Crippen molar-refractivity contribution in [2.24, 2.45) is 0 Å². The summed E-state index contributed by atoms with van der Waals surface area (Å²) in [6.07, 6.45) is 2.96. The molecule has 15 heavy (non-hydrogen) atoms. The molecule has 0 aliphatic heterocycles. The summed E-state index contributed by atoms with van der Waals surface area (Å²) in [4.78, 5) is 16.9. The van der Waals surface area contributed by atoms with E-state index in [1.165, 1.54) is 4.90 Å². The number of aryl methyl sites for hydroxylation is 1. The molecule has 0 aliphatic carbocycles. The van der Waals surface area contributed by atoms with Crippen LogP contribution in [0.25, 0.3) is 0 Å². The molecule has 0 saturated heterocycles. The molecule has 0 spiro atoms. The minimum atomic E-state index is -0.258. The Morgan fingerprint density at radius 3 is 2.73 bits per heavy atom. The molecule has 1 heterocycles. The van der Waals surface area contributed by atoms with Gasteiger partial charge in [0.2, 0.25) is 5.91 Å². The number of nitrogens with zero attached hydrogens (tertiary/aromatic N) is 2. The fraction of sp³-hybridized carbons (Fsp3) is 0.455. The second-order valence-corrected chi connectivity index (χ2v) is 3.42. The second-order valence-electron chi connectivity index (χ2n) is 3.42. The molecule has 4 nitrogen and oxygen atoms in total. The zero-order valence-electron chi connectivity index (χ0n) is 9.10. The molecule has 1 amide bonds. The Bertz CT molecular complexity index is 322. The summed E-state index contributed by atoms with van der Waals surface area (Å²) in [6, 6.07) is 3.82. The number of carbonyl (C=O) groups excluding carboxylic acids is 1. The number of aromatic nitrogens is 1. The highest BCUT2D eigenvalue weighted by Crippen LogP contribution is 2.02. The fourth-order valence-electron chi connectivity index (χ4n) is 1.14. The highest BCUT2D eigenvalue weighted by molar-refractivity contribution is 5.77. The van der Waals surface area contributed by atoms with E-state index in [0.29, 0.717) is 0 Å². The largest absolute Gasteiger partial charge is 0.376 e. The summed E-state index contributed by atoms with van der Waals surface area (Å²) >= 11 is 0. The van der Waals surface area contributed by atoms with Crippen molar-refractivity contribution < 1.29 is 9.90 Å². The van der Waals surface area contributed by atoms with Gasteiger partial charge in [0.1, 0.15) is 6.73 Å². The number of carbonyl (C=O) groups is 1. The molecule has 0 unspecified atom stereocenters. The monoisotopic (exact) mass is 208 g/mol. The highest BCUT2D eigenvalue weighted by atomic mass is 16.3. The van der Waals surface area contributed by atoms with Gasteiger partial charge in [-0.15, -0.1) is 0 Å². The van der Waals surface area contributed by atoms with E-state index in [4.69, 9.17) is 5.11 Å². The summed E-state index contributed by atoms with van der Waals surface area (Å²) in [7, 11) is 1.56. The molecular weight excluding hydrogens is 192 g/mol. The third kappa shape index (κ3) is 3.32. The van der Waals surface area contributed by atoms with Crippen molar-refractivity contribution in [1.29, 1.82) is 0 Å². The Morgan fingerprint density at radius 2 is 2.27 bits per heavy atom. The molecule has 1 N–H and O–H groups in total. The fourth-order valence-corrected chi connectivity index (χ4v) is 1.14. The van der Waals surface area contributed by atoms with Crippen LogP contribution in [0.4, 0.5) is 0 Å². The summed E-state index contributed by atoms with van der Waals surface area (Å²) in [5.41, 5.74) is 1.89. The maximum Gasteiger partial charge on any atom is 0.230 e. The van der Waals surface area contributed by atoms with Crippen LogP contribution in [-0.2, 0) is 17.6 Å². The van der Waals surface area contributed by atoms with Crippen LogP contribution in [0.3, 0.4) is 0 Å². The number of amides is 1. The van der Waals surface area contributed by atoms with Gasteiger partial charge in [-0.2, -0.15) is 0 Å². The number of hydrogen-bond acceptors (Lipinski definition) is 3. The summed E-state index contributed by atoms with van der Waals surface area (Å²) in [5, 5.41) is 8.75. The molecule has 1 aromatic rings. The van der Waals surface area contributed by atoms with E-state index in [2.05, 4.69) is 11.9 Å². The van der Waals surface area contributed by atoms with Crippen LogP contribution in [0.1, 0.15) is 18.2 Å². The molecule has 0 bridgehead atoms. The lowest BCUT2D eigenvalue weighted by molar-refractivity contribution is -0.132. The Kier molecular flexibility index (Phi) is 4.24. The lowest BCUT2D eigenvalue weighted by Gasteiger charge is -2.12. The van der Waals surface area contributed by atoms with Crippen LogP contribution in [-0.4, -0.2) is 34.7 Å². The molecule has 0 radical (unpaired) electrons. The van der Waals surface area contributed by atoms with Gasteiger partial charge in [0.25, 0.3) is 0 Å². The first-order valence-electron chi connectivity index (χ1n) is 4.96. The molecule has 0 aromatic carbocycles. The first kappa shape index (κ1) is 11.7. The van der Waals surface area contributed by atoms with Crippen molar-refractivity contribution in [2.75, 3.05) is 13.8 Å². The quantitative estimate of drug-likeness (QED) is 0.737. The van der Waals surface area contributed by atoms with Gasteiger partial charge in [-0.25, -0.2) is 0 Å². The Hall–Kier alpha value is -1.42. The summed E-state index contributed by atoms with van der Waals surface area (Å²) < 4.78 is 0. The van der Waals surface area contributed by atoms with Crippen LogP contribution < -0.4 is 0 Å². The van der Waals surface area contributed by atoms with Gasteiger partial charge in [-0.1, -0.05) is 13.0 Å². The van der Waals surface area contributed by atoms with Crippen molar-refractivity contribution in [3.63, 3.8) is 0 Å². The summed E-state index contributed by atoms with van der Waals surface area (Å²) in [6.45, 7) is 1.80. The topological polar surface area (TPSA) is 53.4 Å². The van der Waals surface area contributed by atoms with Gasteiger partial charge in [-0.3, -0.25) is 9.78 Å². The van der Waals surface area contributed by atoms with E-state index < -0.39 is 0 Å². The van der Waals surface area contributed by atoms with Crippen LogP contribution in [0.2, 0.25) is 0 Å². The minimum Gasteiger partial charge on any atom is -0.376 e. The van der Waals surface area contributed by atoms with E-state index in [9.17, 15) is 4.79 Å². The maximum absolute atomic E-state index is 11.4. The first-order chi connectivity index (χ1) is 7.17. The van der Waals surface area contributed by atoms with Crippen molar-refractivity contribution in [1.82, 2.24) is 9.88 Å². The number of pyridine rings is 1. The van der Waals surface area contributed by atoms with Crippen molar-refractivity contribution >= 4 is 5.91 Å². The normalized spacial score (nSPS) is 10.1. The van der Waals surface area contributed by atoms with E-state index in [-0.39, 0.29) is 19.1 Å². The SMILES string of the molecule is CCc1ccc(CC(=O)N(C)CO)nc1. The summed E-state index contributed by atoms with van der Waals surface area (Å²) in [5.74, 6) is -0.130. The zero-order valence-corrected chi connectivity index (χ0v) is 9.10. The molecular formula is C11H16N2O2. The van der Waals surface area contributed by atoms with E-state index in [1.807, 2.05) is 12.1 Å². The molecule has 82 valence electrons. The van der Waals surface area contributed by atoms with Gasteiger partial charge in [-0.05, 0) is 18.1 Å². The van der Waals surface area contributed by atoms with Gasteiger partial charge < -0.3 is 10.0 Å². The molecule has 4 heteroatoms. The minimum absolute atomic E-state index is 0.130. The van der Waals surface area contributed by atoms with Crippen LogP contribution in [0, 0.1) is 0 Å². The molecule has 0 fully saturated rings. The van der Waals surface area contributed by atoms with Gasteiger partial charge >= 0.3 is 0 Å². The zero-order chi connectivity index (χ0) is 11.3. The van der Waals surface area contributed by atoms with Crippen molar-refractivity contribution in [2.45, 2.75) is 19.8 Å². The van der Waals surface area contributed by atoms with Crippen LogP contribution in [0.5, 0.6) is 0 Å².